The first-order valence-corrected chi connectivity index (χ1v) is 6.09. The van der Waals surface area contributed by atoms with Gasteiger partial charge in [-0.25, -0.2) is 0 Å². The third kappa shape index (κ3) is 1.97. The van der Waals surface area contributed by atoms with E-state index >= 15 is 0 Å². The molecule has 1 N–H and O–H groups in total. The van der Waals surface area contributed by atoms with Crippen LogP contribution in [0, 0.1) is 0 Å². The number of likely N-dealkylation sites (tertiary alicyclic amines) is 1. The number of halogens is 1. The van der Waals surface area contributed by atoms with E-state index in [1.165, 1.54) is 6.92 Å². The van der Waals surface area contributed by atoms with E-state index in [-0.39, 0.29) is 12.5 Å². The Hall–Kier alpha value is -1.55. The summed E-state index contributed by atoms with van der Waals surface area (Å²) in [4.78, 5) is 24.6. The Morgan fingerprint density at radius 2 is 2.06 bits per heavy atom. The maximum Gasteiger partial charge on any atom is 0.316 e. The predicted molar refractivity (Wildman–Crippen MR) is 67.6 cm³/mol. The Labute approximate surface area is 110 Å². The van der Waals surface area contributed by atoms with Gasteiger partial charge in [0.1, 0.15) is 5.41 Å². The van der Waals surface area contributed by atoms with Crippen LogP contribution in [0.4, 0.5) is 0 Å². The lowest BCUT2D eigenvalue weighted by Gasteiger charge is -2.25. The van der Waals surface area contributed by atoms with Gasteiger partial charge in [0.25, 0.3) is 0 Å². The molecule has 1 aliphatic rings. The van der Waals surface area contributed by atoms with Gasteiger partial charge in [0.05, 0.1) is 0 Å². The Morgan fingerprint density at radius 1 is 1.39 bits per heavy atom. The van der Waals surface area contributed by atoms with Gasteiger partial charge in [0, 0.05) is 25.0 Å². The van der Waals surface area contributed by atoms with E-state index < -0.39 is 11.4 Å². The second-order valence-corrected chi connectivity index (χ2v) is 4.96. The number of amides is 1. The Balaban J connectivity index is 2.45. The van der Waals surface area contributed by atoms with Crippen LogP contribution in [0.1, 0.15) is 18.9 Å². The van der Waals surface area contributed by atoms with Crippen molar-refractivity contribution in [3.8, 4) is 0 Å². The maximum atomic E-state index is 11.6. The minimum absolute atomic E-state index is 0.106. The van der Waals surface area contributed by atoms with E-state index in [9.17, 15) is 14.7 Å². The summed E-state index contributed by atoms with van der Waals surface area (Å²) >= 11 is 6.10. The van der Waals surface area contributed by atoms with E-state index in [0.717, 1.165) is 0 Å². The zero-order valence-corrected chi connectivity index (χ0v) is 10.8. The summed E-state index contributed by atoms with van der Waals surface area (Å²) < 4.78 is 0. The Bertz CT molecular complexity index is 503. The number of carboxylic acid groups (broad SMARTS) is 1. The molecule has 1 amide bonds. The Kier molecular flexibility index (Phi) is 3.30. The van der Waals surface area contributed by atoms with E-state index in [0.29, 0.717) is 23.6 Å². The second-order valence-electron chi connectivity index (χ2n) is 4.56. The molecule has 1 aromatic rings. The number of hydrogen-bond acceptors (Lipinski definition) is 2. The molecule has 4 nitrogen and oxygen atoms in total. The second kappa shape index (κ2) is 4.61. The van der Waals surface area contributed by atoms with Gasteiger partial charge in [-0.15, -0.1) is 0 Å². The summed E-state index contributed by atoms with van der Waals surface area (Å²) in [5.41, 5.74) is -0.493. The summed E-state index contributed by atoms with van der Waals surface area (Å²) in [6, 6.07) is 6.93. The van der Waals surface area contributed by atoms with Crippen molar-refractivity contribution in [1.29, 1.82) is 0 Å². The molecule has 1 heterocycles. The maximum absolute atomic E-state index is 11.6. The minimum atomic E-state index is -1.08. The number of nitrogens with zero attached hydrogens (tertiary/aromatic N) is 1. The lowest BCUT2D eigenvalue weighted by atomic mass is 9.79. The number of benzene rings is 1. The smallest absolute Gasteiger partial charge is 0.316 e. The van der Waals surface area contributed by atoms with E-state index in [1.807, 2.05) is 0 Å². The first-order chi connectivity index (χ1) is 8.47. The zero-order chi connectivity index (χ0) is 13.3. The Morgan fingerprint density at radius 3 is 2.56 bits per heavy atom. The molecule has 1 saturated heterocycles. The molecule has 0 radical (unpaired) electrons. The van der Waals surface area contributed by atoms with Crippen LogP contribution < -0.4 is 0 Å². The summed E-state index contributed by atoms with van der Waals surface area (Å²) in [5, 5.41) is 9.98. The number of rotatable bonds is 2. The molecule has 1 aliphatic heterocycles. The van der Waals surface area contributed by atoms with Gasteiger partial charge < -0.3 is 10.0 Å². The van der Waals surface area contributed by atoms with E-state index in [1.54, 1.807) is 29.2 Å². The van der Waals surface area contributed by atoms with Gasteiger partial charge in [0.2, 0.25) is 5.91 Å². The fourth-order valence-electron chi connectivity index (χ4n) is 2.44. The quantitative estimate of drug-likeness (QED) is 0.891. The third-order valence-electron chi connectivity index (χ3n) is 3.51. The van der Waals surface area contributed by atoms with Crippen LogP contribution in [-0.2, 0) is 15.0 Å². The number of carbonyl (C=O) groups excluding carboxylic acids is 1. The van der Waals surface area contributed by atoms with Crippen molar-refractivity contribution >= 4 is 23.5 Å². The highest BCUT2D eigenvalue weighted by atomic mass is 35.5. The molecule has 0 aromatic heterocycles. The molecule has 0 spiro atoms. The van der Waals surface area contributed by atoms with Crippen LogP contribution in [0.15, 0.2) is 24.3 Å². The molecule has 1 atom stereocenters. The molecular weight excluding hydrogens is 254 g/mol. The molecule has 0 saturated carbocycles. The molecule has 0 bridgehead atoms. The number of hydrogen-bond donors (Lipinski definition) is 1. The molecule has 1 fully saturated rings. The highest BCUT2D eigenvalue weighted by Crippen LogP contribution is 2.38. The summed E-state index contributed by atoms with van der Waals surface area (Å²) in [5.74, 6) is -1.04. The van der Waals surface area contributed by atoms with Gasteiger partial charge in [-0.3, -0.25) is 9.59 Å². The van der Waals surface area contributed by atoms with Crippen LogP contribution in [0.25, 0.3) is 0 Å². The van der Waals surface area contributed by atoms with Crippen molar-refractivity contribution in [3.63, 3.8) is 0 Å². The fraction of sp³-hybridized carbons (Fsp3) is 0.385. The van der Waals surface area contributed by atoms with Gasteiger partial charge in [-0.05, 0) is 18.1 Å². The molecule has 2 rings (SSSR count). The molecule has 96 valence electrons. The van der Waals surface area contributed by atoms with Gasteiger partial charge in [-0.2, -0.15) is 0 Å². The van der Waals surface area contributed by atoms with Gasteiger partial charge >= 0.3 is 5.97 Å². The normalized spacial score (nSPS) is 23.1. The first kappa shape index (κ1) is 12.9. The van der Waals surface area contributed by atoms with Crippen molar-refractivity contribution in [3.05, 3.63) is 34.9 Å². The van der Waals surface area contributed by atoms with E-state index in [4.69, 9.17) is 11.6 Å². The lowest BCUT2D eigenvalue weighted by molar-refractivity contribution is -0.143. The highest BCUT2D eigenvalue weighted by Gasteiger charge is 2.48. The van der Waals surface area contributed by atoms with Crippen molar-refractivity contribution < 1.29 is 14.7 Å². The van der Waals surface area contributed by atoms with Crippen LogP contribution in [0.5, 0.6) is 0 Å². The van der Waals surface area contributed by atoms with Crippen LogP contribution >= 0.6 is 11.6 Å². The monoisotopic (exact) mass is 267 g/mol. The van der Waals surface area contributed by atoms with Crippen molar-refractivity contribution in [2.45, 2.75) is 18.8 Å². The predicted octanol–water partition coefficient (Wildman–Crippen LogP) is 1.91. The first-order valence-electron chi connectivity index (χ1n) is 5.71. The van der Waals surface area contributed by atoms with Crippen LogP contribution in [0.3, 0.4) is 0 Å². The standard InChI is InChI=1S/C13H14ClNO3/c1-9(16)15-7-6-13(8-15,12(17)18)10-4-2-3-5-11(10)14/h2-5H,6-8H2,1H3,(H,17,18). The molecular formula is C13H14ClNO3. The van der Waals surface area contributed by atoms with Crippen molar-refractivity contribution in [1.82, 2.24) is 4.90 Å². The van der Waals surface area contributed by atoms with Crippen molar-refractivity contribution in [2.24, 2.45) is 0 Å². The molecule has 5 heteroatoms. The van der Waals surface area contributed by atoms with Gasteiger partial charge in [-0.1, -0.05) is 29.8 Å². The lowest BCUT2D eigenvalue weighted by Crippen LogP contribution is -2.40. The SMILES string of the molecule is CC(=O)N1CCC(C(=O)O)(c2ccccc2Cl)C1. The molecule has 0 aliphatic carbocycles. The minimum Gasteiger partial charge on any atom is -0.481 e. The third-order valence-corrected chi connectivity index (χ3v) is 3.84. The summed E-state index contributed by atoms with van der Waals surface area (Å²) in [6.45, 7) is 2.08. The topological polar surface area (TPSA) is 57.6 Å². The average Bonchev–Trinajstić information content (AvgIpc) is 2.76. The molecule has 1 aromatic carbocycles. The van der Waals surface area contributed by atoms with Crippen LogP contribution in [0.2, 0.25) is 5.02 Å². The van der Waals surface area contributed by atoms with Gasteiger partial charge in [0.15, 0.2) is 0 Å². The average molecular weight is 268 g/mol. The number of carbonyl (C=O) groups is 2. The molecule has 18 heavy (non-hydrogen) atoms. The number of aliphatic carboxylic acids is 1. The van der Waals surface area contributed by atoms with E-state index in [2.05, 4.69) is 0 Å². The van der Waals surface area contributed by atoms with Crippen molar-refractivity contribution in [2.75, 3.05) is 13.1 Å². The largest absolute Gasteiger partial charge is 0.481 e. The zero-order valence-electron chi connectivity index (χ0n) is 10.0. The molecule has 1 unspecified atom stereocenters. The highest BCUT2D eigenvalue weighted by molar-refractivity contribution is 6.31. The summed E-state index contributed by atoms with van der Waals surface area (Å²) in [6.07, 6.45) is 0.394. The fourth-order valence-corrected chi connectivity index (χ4v) is 2.75. The van der Waals surface area contributed by atoms with Crippen LogP contribution in [-0.4, -0.2) is 35.0 Å². The number of carboxylic acids is 1. The summed E-state index contributed by atoms with van der Waals surface area (Å²) in [7, 11) is 0.